The molecule has 136 valence electrons. The fourth-order valence-corrected chi connectivity index (χ4v) is 3.21. The van der Waals surface area contributed by atoms with Crippen LogP contribution in [0.15, 0.2) is 53.4 Å². The monoisotopic (exact) mass is 374 g/mol. The van der Waals surface area contributed by atoms with Gasteiger partial charge in [0.15, 0.2) is 0 Å². The van der Waals surface area contributed by atoms with Gasteiger partial charge in [0.2, 0.25) is 5.82 Å². The number of hydrogen-bond acceptors (Lipinski definition) is 7. The summed E-state index contributed by atoms with van der Waals surface area (Å²) in [6.07, 6.45) is 0. The van der Waals surface area contributed by atoms with E-state index in [0.717, 1.165) is 0 Å². The predicted molar refractivity (Wildman–Crippen MR) is 98.6 cm³/mol. The molecule has 0 atom stereocenters. The third kappa shape index (κ3) is 4.01. The SMILES string of the molecule is COCCOc1nc2ccccc2nc1NS(=O)(=O)c1ccc(N)cc1. The Morgan fingerprint density at radius 3 is 2.31 bits per heavy atom. The number of nitrogen functional groups attached to an aromatic ring is 1. The van der Waals surface area contributed by atoms with Crippen molar-refractivity contribution in [2.24, 2.45) is 0 Å². The van der Waals surface area contributed by atoms with Crippen LogP contribution in [-0.2, 0) is 14.8 Å². The van der Waals surface area contributed by atoms with Crippen molar-refractivity contribution < 1.29 is 17.9 Å². The van der Waals surface area contributed by atoms with E-state index in [1.54, 1.807) is 25.3 Å². The minimum absolute atomic E-state index is 0.0108. The van der Waals surface area contributed by atoms with E-state index in [2.05, 4.69) is 14.7 Å². The molecule has 3 N–H and O–H groups in total. The molecule has 1 heterocycles. The maximum atomic E-state index is 12.6. The van der Waals surface area contributed by atoms with Crippen LogP contribution in [0.1, 0.15) is 0 Å². The summed E-state index contributed by atoms with van der Waals surface area (Å²) in [6.45, 7) is 0.540. The Balaban J connectivity index is 1.98. The van der Waals surface area contributed by atoms with Crippen LogP contribution in [0.25, 0.3) is 11.0 Å². The topological polar surface area (TPSA) is 116 Å². The van der Waals surface area contributed by atoms with Gasteiger partial charge in [0.25, 0.3) is 15.9 Å². The van der Waals surface area contributed by atoms with Gasteiger partial charge in [0, 0.05) is 12.8 Å². The van der Waals surface area contributed by atoms with Crippen LogP contribution >= 0.6 is 0 Å². The molecule has 0 radical (unpaired) electrons. The molecule has 9 heteroatoms. The molecule has 26 heavy (non-hydrogen) atoms. The van der Waals surface area contributed by atoms with Crippen LogP contribution in [0.2, 0.25) is 0 Å². The van der Waals surface area contributed by atoms with Crippen molar-refractivity contribution in [2.45, 2.75) is 4.90 Å². The minimum Gasteiger partial charge on any atom is -0.473 e. The average Bonchev–Trinajstić information content (AvgIpc) is 2.62. The number of nitrogens with zero attached hydrogens (tertiary/aromatic N) is 2. The average molecular weight is 374 g/mol. The van der Waals surface area contributed by atoms with Gasteiger partial charge < -0.3 is 15.2 Å². The number of hydrogen-bond donors (Lipinski definition) is 2. The highest BCUT2D eigenvalue weighted by atomic mass is 32.2. The van der Waals surface area contributed by atoms with Gasteiger partial charge in [-0.05, 0) is 36.4 Å². The molecular formula is C17H18N4O4S. The highest BCUT2D eigenvalue weighted by Gasteiger charge is 2.19. The quantitative estimate of drug-likeness (QED) is 0.480. The van der Waals surface area contributed by atoms with Crippen LogP contribution in [-0.4, -0.2) is 38.7 Å². The van der Waals surface area contributed by atoms with Gasteiger partial charge in [-0.2, -0.15) is 0 Å². The lowest BCUT2D eigenvalue weighted by Crippen LogP contribution is -2.16. The van der Waals surface area contributed by atoms with Crippen molar-refractivity contribution in [3.63, 3.8) is 0 Å². The molecule has 3 aromatic rings. The number of para-hydroxylation sites is 2. The Hall–Kier alpha value is -2.91. The number of rotatable bonds is 7. The molecule has 0 fully saturated rings. The summed E-state index contributed by atoms with van der Waals surface area (Å²) in [5.41, 5.74) is 7.21. The van der Waals surface area contributed by atoms with E-state index in [0.29, 0.717) is 23.3 Å². The Morgan fingerprint density at radius 1 is 1.00 bits per heavy atom. The number of ether oxygens (including phenoxy) is 2. The molecule has 0 saturated carbocycles. The first-order chi connectivity index (χ1) is 12.5. The molecular weight excluding hydrogens is 356 g/mol. The summed E-state index contributed by atoms with van der Waals surface area (Å²) >= 11 is 0. The lowest BCUT2D eigenvalue weighted by molar-refractivity contribution is 0.144. The van der Waals surface area contributed by atoms with Gasteiger partial charge in [0.05, 0.1) is 22.5 Å². The molecule has 0 unspecified atom stereocenters. The second-order valence-electron chi connectivity index (χ2n) is 5.38. The zero-order chi connectivity index (χ0) is 18.6. The van der Waals surface area contributed by atoms with Crippen molar-refractivity contribution in [3.8, 4) is 5.88 Å². The Kier molecular flexibility index (Phi) is 5.19. The van der Waals surface area contributed by atoms with E-state index < -0.39 is 10.0 Å². The first-order valence-electron chi connectivity index (χ1n) is 7.76. The molecule has 3 rings (SSSR count). The van der Waals surface area contributed by atoms with Crippen LogP contribution < -0.4 is 15.2 Å². The van der Waals surface area contributed by atoms with E-state index in [1.807, 2.05) is 6.07 Å². The Bertz CT molecular complexity index is 1010. The third-order valence-corrected chi connectivity index (χ3v) is 4.84. The molecule has 0 saturated heterocycles. The van der Waals surface area contributed by atoms with E-state index in [-0.39, 0.29) is 23.2 Å². The maximum absolute atomic E-state index is 12.6. The number of sulfonamides is 1. The standard InChI is InChI=1S/C17H18N4O4S/c1-24-10-11-25-17-16(19-14-4-2-3-5-15(14)20-17)21-26(22,23)13-8-6-12(18)7-9-13/h2-9H,10-11,18H2,1H3,(H,19,21). The second-order valence-corrected chi connectivity index (χ2v) is 7.06. The normalized spacial score (nSPS) is 11.4. The molecule has 0 aliphatic rings. The summed E-state index contributed by atoms with van der Waals surface area (Å²) in [7, 11) is -2.33. The Morgan fingerprint density at radius 2 is 1.65 bits per heavy atom. The van der Waals surface area contributed by atoms with Crippen molar-refractivity contribution in [3.05, 3.63) is 48.5 Å². The van der Waals surface area contributed by atoms with Crippen LogP contribution in [0, 0.1) is 0 Å². The summed E-state index contributed by atoms with van der Waals surface area (Å²) in [5.74, 6) is 0.0939. The number of nitrogens with one attached hydrogen (secondary N) is 1. The van der Waals surface area contributed by atoms with Gasteiger partial charge in [-0.15, -0.1) is 0 Å². The van der Waals surface area contributed by atoms with Crippen molar-refractivity contribution >= 4 is 32.6 Å². The minimum atomic E-state index is -3.87. The van der Waals surface area contributed by atoms with Crippen LogP contribution in [0.4, 0.5) is 11.5 Å². The zero-order valence-corrected chi connectivity index (χ0v) is 14.9. The number of aromatic nitrogens is 2. The fourth-order valence-electron chi connectivity index (χ4n) is 2.21. The molecule has 8 nitrogen and oxygen atoms in total. The van der Waals surface area contributed by atoms with Gasteiger partial charge in [-0.3, -0.25) is 4.72 Å². The van der Waals surface area contributed by atoms with Crippen LogP contribution in [0.5, 0.6) is 5.88 Å². The number of fused-ring (bicyclic) bond motifs is 1. The Labute approximate surface area is 151 Å². The van der Waals surface area contributed by atoms with Gasteiger partial charge in [0.1, 0.15) is 6.61 Å². The second kappa shape index (κ2) is 7.54. The third-order valence-electron chi connectivity index (χ3n) is 3.49. The zero-order valence-electron chi connectivity index (χ0n) is 14.0. The van der Waals surface area contributed by atoms with Gasteiger partial charge in [-0.1, -0.05) is 12.1 Å². The molecule has 0 aliphatic carbocycles. The van der Waals surface area contributed by atoms with E-state index in [1.165, 1.54) is 24.3 Å². The summed E-state index contributed by atoms with van der Waals surface area (Å²) in [5, 5.41) is 0. The van der Waals surface area contributed by atoms with Crippen molar-refractivity contribution in [1.82, 2.24) is 9.97 Å². The van der Waals surface area contributed by atoms with E-state index >= 15 is 0 Å². The molecule has 0 spiro atoms. The predicted octanol–water partition coefficient (Wildman–Crippen LogP) is 2.04. The maximum Gasteiger partial charge on any atom is 0.263 e. The highest BCUT2D eigenvalue weighted by molar-refractivity contribution is 7.92. The largest absolute Gasteiger partial charge is 0.473 e. The lowest BCUT2D eigenvalue weighted by atomic mass is 10.3. The molecule has 0 amide bonds. The van der Waals surface area contributed by atoms with E-state index in [9.17, 15) is 8.42 Å². The van der Waals surface area contributed by atoms with Crippen molar-refractivity contribution in [1.29, 1.82) is 0 Å². The number of nitrogens with two attached hydrogens (primary N) is 1. The highest BCUT2D eigenvalue weighted by Crippen LogP contribution is 2.26. The number of anilines is 2. The summed E-state index contributed by atoms with van der Waals surface area (Å²) < 4.78 is 38.2. The smallest absolute Gasteiger partial charge is 0.263 e. The first-order valence-corrected chi connectivity index (χ1v) is 9.25. The molecule has 2 aromatic carbocycles. The number of benzene rings is 2. The summed E-state index contributed by atoms with van der Waals surface area (Å²) in [6, 6.07) is 13.0. The molecule has 0 bridgehead atoms. The number of methoxy groups -OCH3 is 1. The lowest BCUT2D eigenvalue weighted by Gasteiger charge is -2.13. The summed E-state index contributed by atoms with van der Waals surface area (Å²) in [4.78, 5) is 8.75. The first kappa shape index (κ1) is 17.9. The van der Waals surface area contributed by atoms with E-state index in [4.69, 9.17) is 15.2 Å². The fraction of sp³-hybridized carbons (Fsp3) is 0.176. The van der Waals surface area contributed by atoms with Gasteiger partial charge in [-0.25, -0.2) is 18.4 Å². The van der Waals surface area contributed by atoms with Gasteiger partial charge >= 0.3 is 0 Å². The molecule has 1 aromatic heterocycles. The molecule has 0 aliphatic heterocycles. The van der Waals surface area contributed by atoms with Crippen LogP contribution in [0.3, 0.4) is 0 Å². The van der Waals surface area contributed by atoms with Crippen molar-refractivity contribution in [2.75, 3.05) is 30.8 Å².